The SMILES string of the molecule is C=CSc1ccc(C(F)(F)F)cc1[N+](=O)[O-]. The van der Waals surface area contributed by atoms with Crippen LogP contribution in [0, 0.1) is 10.1 Å². The third-order valence-corrected chi connectivity index (χ3v) is 2.46. The molecule has 0 spiro atoms. The average molecular weight is 249 g/mol. The van der Waals surface area contributed by atoms with Crippen molar-refractivity contribution in [2.45, 2.75) is 11.1 Å². The molecule has 1 rings (SSSR count). The highest BCUT2D eigenvalue weighted by molar-refractivity contribution is 8.02. The summed E-state index contributed by atoms with van der Waals surface area (Å²) in [6.07, 6.45) is -4.58. The fourth-order valence-corrected chi connectivity index (χ4v) is 1.61. The van der Waals surface area contributed by atoms with Crippen LogP contribution < -0.4 is 0 Å². The average Bonchev–Trinajstić information content (AvgIpc) is 2.16. The fraction of sp³-hybridized carbons (Fsp3) is 0.111. The third-order valence-electron chi connectivity index (χ3n) is 1.69. The van der Waals surface area contributed by atoms with Crippen molar-refractivity contribution < 1.29 is 18.1 Å². The molecule has 1 aromatic rings. The molecule has 0 aromatic heterocycles. The van der Waals surface area contributed by atoms with Crippen LogP contribution in [0.4, 0.5) is 18.9 Å². The Bertz CT molecular complexity index is 431. The highest BCUT2D eigenvalue weighted by Gasteiger charge is 2.32. The minimum atomic E-state index is -4.58. The summed E-state index contributed by atoms with van der Waals surface area (Å²) in [7, 11) is 0. The van der Waals surface area contributed by atoms with Crippen LogP contribution in [-0.2, 0) is 6.18 Å². The van der Waals surface area contributed by atoms with Gasteiger partial charge in [-0.2, -0.15) is 13.2 Å². The van der Waals surface area contributed by atoms with Gasteiger partial charge in [-0.15, -0.1) is 0 Å². The Labute approximate surface area is 93.1 Å². The van der Waals surface area contributed by atoms with Crippen LogP contribution in [0.3, 0.4) is 0 Å². The van der Waals surface area contributed by atoms with E-state index in [2.05, 4.69) is 6.58 Å². The number of alkyl halides is 3. The standard InChI is InChI=1S/C9H6F3NO2S/c1-2-16-8-4-3-6(9(10,11)12)5-7(8)13(14)15/h2-5H,1H2. The van der Waals surface area contributed by atoms with Gasteiger partial charge >= 0.3 is 6.18 Å². The molecule has 0 N–H and O–H groups in total. The van der Waals surface area contributed by atoms with Crippen LogP contribution in [0.1, 0.15) is 5.56 Å². The monoisotopic (exact) mass is 249 g/mol. The molecule has 0 aliphatic rings. The first-order valence-electron chi connectivity index (χ1n) is 3.99. The maximum Gasteiger partial charge on any atom is 0.416 e. The van der Waals surface area contributed by atoms with E-state index in [1.54, 1.807) is 0 Å². The predicted octanol–water partition coefficient (Wildman–Crippen LogP) is 3.85. The summed E-state index contributed by atoms with van der Waals surface area (Å²) in [5.41, 5.74) is -1.60. The van der Waals surface area contributed by atoms with Gasteiger partial charge in [0.05, 0.1) is 15.4 Å². The zero-order valence-corrected chi connectivity index (χ0v) is 8.64. The molecule has 0 bridgehead atoms. The number of hydrogen-bond donors (Lipinski definition) is 0. The molecule has 16 heavy (non-hydrogen) atoms. The summed E-state index contributed by atoms with van der Waals surface area (Å²) in [5, 5.41) is 11.9. The third kappa shape index (κ3) is 2.75. The summed E-state index contributed by atoms with van der Waals surface area (Å²) < 4.78 is 36.9. The fourth-order valence-electron chi connectivity index (χ4n) is 1.03. The Balaban J connectivity index is 3.28. The molecule has 0 saturated carbocycles. The number of halogens is 3. The van der Waals surface area contributed by atoms with E-state index in [4.69, 9.17) is 0 Å². The van der Waals surface area contributed by atoms with E-state index >= 15 is 0 Å². The lowest BCUT2D eigenvalue weighted by molar-refractivity contribution is -0.388. The number of nitro benzene ring substituents is 1. The Morgan fingerprint density at radius 1 is 1.44 bits per heavy atom. The summed E-state index contributed by atoms with van der Waals surface area (Å²) in [6.45, 7) is 3.35. The van der Waals surface area contributed by atoms with Crippen molar-refractivity contribution in [1.29, 1.82) is 0 Å². The predicted molar refractivity (Wildman–Crippen MR) is 54.2 cm³/mol. The van der Waals surface area contributed by atoms with E-state index in [1.165, 1.54) is 5.41 Å². The molecule has 86 valence electrons. The van der Waals surface area contributed by atoms with E-state index in [0.717, 1.165) is 23.9 Å². The molecule has 0 heterocycles. The number of benzene rings is 1. The van der Waals surface area contributed by atoms with Crippen molar-refractivity contribution in [3.8, 4) is 0 Å². The van der Waals surface area contributed by atoms with E-state index in [0.29, 0.717) is 6.07 Å². The maximum absolute atomic E-state index is 12.3. The lowest BCUT2D eigenvalue weighted by Crippen LogP contribution is -2.05. The first kappa shape index (κ1) is 12.6. The summed E-state index contributed by atoms with van der Waals surface area (Å²) in [4.78, 5) is 9.85. The molecule has 0 fully saturated rings. The van der Waals surface area contributed by atoms with Gasteiger partial charge in [-0.3, -0.25) is 10.1 Å². The lowest BCUT2D eigenvalue weighted by Gasteiger charge is -2.07. The molecular formula is C9H6F3NO2S. The Hall–Kier alpha value is -1.50. The van der Waals surface area contributed by atoms with Gasteiger partial charge in [0.25, 0.3) is 5.69 Å². The largest absolute Gasteiger partial charge is 0.416 e. The van der Waals surface area contributed by atoms with Gasteiger partial charge in [-0.05, 0) is 17.5 Å². The summed E-state index contributed by atoms with van der Waals surface area (Å²) in [6, 6.07) is 2.39. The molecule has 1 aromatic carbocycles. The van der Waals surface area contributed by atoms with Gasteiger partial charge in [0.2, 0.25) is 0 Å². The zero-order chi connectivity index (χ0) is 12.3. The molecule has 0 aliphatic heterocycles. The molecule has 3 nitrogen and oxygen atoms in total. The molecule has 0 unspecified atom stereocenters. The highest BCUT2D eigenvalue weighted by Crippen LogP contribution is 2.36. The van der Waals surface area contributed by atoms with Gasteiger partial charge in [0.1, 0.15) is 0 Å². The minimum absolute atomic E-state index is 0.132. The van der Waals surface area contributed by atoms with Crippen LogP contribution in [0.5, 0.6) is 0 Å². The second-order valence-corrected chi connectivity index (χ2v) is 3.73. The van der Waals surface area contributed by atoms with Gasteiger partial charge in [0.15, 0.2) is 0 Å². The Morgan fingerprint density at radius 3 is 2.50 bits per heavy atom. The van der Waals surface area contributed by atoms with E-state index < -0.39 is 22.4 Å². The molecule has 0 aliphatic carbocycles. The molecular weight excluding hydrogens is 243 g/mol. The quantitative estimate of drug-likeness (QED) is 0.464. The van der Waals surface area contributed by atoms with Gasteiger partial charge in [-0.25, -0.2) is 0 Å². The van der Waals surface area contributed by atoms with Crippen LogP contribution in [0.25, 0.3) is 0 Å². The molecule has 0 atom stereocenters. The highest BCUT2D eigenvalue weighted by atomic mass is 32.2. The van der Waals surface area contributed by atoms with Crippen LogP contribution in [0.15, 0.2) is 35.1 Å². The van der Waals surface area contributed by atoms with Crippen molar-refractivity contribution in [2.24, 2.45) is 0 Å². The number of thioether (sulfide) groups is 1. The van der Waals surface area contributed by atoms with Crippen LogP contribution >= 0.6 is 11.8 Å². The van der Waals surface area contributed by atoms with Gasteiger partial charge in [-0.1, -0.05) is 18.3 Å². The molecule has 7 heteroatoms. The smallest absolute Gasteiger partial charge is 0.258 e. The lowest BCUT2D eigenvalue weighted by atomic mass is 10.2. The van der Waals surface area contributed by atoms with Crippen LogP contribution in [0.2, 0.25) is 0 Å². The Morgan fingerprint density at radius 2 is 2.06 bits per heavy atom. The Kier molecular flexibility index (Phi) is 3.58. The molecule has 0 saturated heterocycles. The van der Waals surface area contributed by atoms with Crippen molar-refractivity contribution in [3.05, 3.63) is 45.9 Å². The van der Waals surface area contributed by atoms with Gasteiger partial charge < -0.3 is 0 Å². The number of hydrogen-bond acceptors (Lipinski definition) is 3. The van der Waals surface area contributed by atoms with E-state index in [9.17, 15) is 23.3 Å². The van der Waals surface area contributed by atoms with E-state index in [-0.39, 0.29) is 4.90 Å². The molecule has 0 radical (unpaired) electrons. The second-order valence-electron chi connectivity index (χ2n) is 2.72. The molecule has 0 amide bonds. The summed E-state index contributed by atoms with van der Waals surface area (Å²) >= 11 is 0.904. The zero-order valence-electron chi connectivity index (χ0n) is 7.82. The van der Waals surface area contributed by atoms with Crippen LogP contribution in [-0.4, -0.2) is 4.92 Å². The first-order valence-corrected chi connectivity index (χ1v) is 4.87. The number of rotatable bonds is 3. The van der Waals surface area contributed by atoms with Crippen molar-refractivity contribution in [2.75, 3.05) is 0 Å². The van der Waals surface area contributed by atoms with Crippen molar-refractivity contribution in [3.63, 3.8) is 0 Å². The van der Waals surface area contributed by atoms with Crippen molar-refractivity contribution in [1.82, 2.24) is 0 Å². The van der Waals surface area contributed by atoms with E-state index in [1.807, 2.05) is 0 Å². The number of nitro groups is 1. The van der Waals surface area contributed by atoms with Gasteiger partial charge in [0, 0.05) is 6.07 Å². The number of nitrogens with zero attached hydrogens (tertiary/aromatic N) is 1. The second kappa shape index (κ2) is 4.56. The maximum atomic E-state index is 12.3. The first-order chi connectivity index (χ1) is 7.36. The van der Waals surface area contributed by atoms with Crippen molar-refractivity contribution >= 4 is 17.4 Å². The minimum Gasteiger partial charge on any atom is -0.258 e. The topological polar surface area (TPSA) is 43.1 Å². The summed E-state index contributed by atoms with van der Waals surface area (Å²) in [5.74, 6) is 0. The normalized spacial score (nSPS) is 11.2.